The average Bonchev–Trinajstić information content (AvgIpc) is 2.99. The van der Waals surface area contributed by atoms with Crippen LogP contribution >= 0.6 is 23.1 Å². The van der Waals surface area contributed by atoms with Gasteiger partial charge in [0, 0.05) is 18.0 Å². The fourth-order valence-corrected chi connectivity index (χ4v) is 4.47. The number of carbonyl (C=O) groups is 2. The highest BCUT2D eigenvalue weighted by Gasteiger charge is 2.28. The maximum Gasteiger partial charge on any atom is 0.233 e. The monoisotopic (exact) mass is 370 g/mol. The highest BCUT2D eigenvalue weighted by atomic mass is 32.2. The minimum Gasteiger partial charge on any atom is -0.337 e. The van der Waals surface area contributed by atoms with Gasteiger partial charge in [-0.05, 0) is 39.5 Å². The molecule has 1 N–H and O–H groups in total. The normalized spacial score (nSPS) is 22.2. The number of likely N-dealkylation sites (tertiary alicyclic amines) is 1. The van der Waals surface area contributed by atoms with Crippen molar-refractivity contribution in [2.45, 2.75) is 69.8 Å². The molecular formula is C16H26N4O2S2. The zero-order chi connectivity index (χ0) is 17.7. The van der Waals surface area contributed by atoms with Crippen molar-refractivity contribution in [3.8, 4) is 0 Å². The molecule has 1 aliphatic rings. The van der Waals surface area contributed by atoms with Crippen LogP contribution in [0.3, 0.4) is 0 Å². The van der Waals surface area contributed by atoms with E-state index in [0.29, 0.717) is 27.3 Å². The molecule has 1 aliphatic heterocycles. The van der Waals surface area contributed by atoms with Crippen molar-refractivity contribution in [1.82, 2.24) is 15.1 Å². The summed E-state index contributed by atoms with van der Waals surface area (Å²) < 4.78 is 0.708. The maximum absolute atomic E-state index is 12.5. The Kier molecular flexibility index (Phi) is 7.03. The zero-order valence-electron chi connectivity index (χ0n) is 14.7. The first-order valence-corrected chi connectivity index (χ1v) is 10.3. The van der Waals surface area contributed by atoms with Crippen LogP contribution in [0.4, 0.5) is 5.13 Å². The SMILES string of the molecule is CC[C@H](C)C(=O)Nc1nnc(SCC(=O)N2[C@H](C)CCC[C@@H]2C)s1. The number of nitrogens with one attached hydrogen (secondary N) is 1. The molecule has 0 aliphatic carbocycles. The van der Waals surface area contributed by atoms with Gasteiger partial charge in [0.25, 0.3) is 0 Å². The van der Waals surface area contributed by atoms with Crippen LogP contribution in [-0.4, -0.2) is 44.7 Å². The molecule has 24 heavy (non-hydrogen) atoms. The highest BCUT2D eigenvalue weighted by Crippen LogP contribution is 2.28. The Hall–Kier alpha value is -1.15. The van der Waals surface area contributed by atoms with Gasteiger partial charge in [0.2, 0.25) is 16.9 Å². The summed E-state index contributed by atoms with van der Waals surface area (Å²) in [7, 11) is 0. The molecule has 1 aromatic rings. The van der Waals surface area contributed by atoms with E-state index in [2.05, 4.69) is 29.4 Å². The summed E-state index contributed by atoms with van der Waals surface area (Å²) in [6, 6.07) is 0.614. The van der Waals surface area contributed by atoms with Crippen LogP contribution in [0.2, 0.25) is 0 Å². The number of nitrogens with zero attached hydrogens (tertiary/aromatic N) is 3. The highest BCUT2D eigenvalue weighted by molar-refractivity contribution is 8.01. The molecular weight excluding hydrogens is 344 g/mol. The van der Waals surface area contributed by atoms with Gasteiger partial charge in [0.05, 0.1) is 5.75 Å². The van der Waals surface area contributed by atoms with E-state index < -0.39 is 0 Å². The van der Waals surface area contributed by atoms with Gasteiger partial charge in [-0.25, -0.2) is 0 Å². The summed E-state index contributed by atoms with van der Waals surface area (Å²) in [6.07, 6.45) is 4.12. The summed E-state index contributed by atoms with van der Waals surface area (Å²) in [5.74, 6) is 0.425. The molecule has 0 saturated carbocycles. The van der Waals surface area contributed by atoms with Crippen molar-refractivity contribution in [3.05, 3.63) is 0 Å². The first-order valence-electron chi connectivity index (χ1n) is 8.50. The van der Waals surface area contributed by atoms with E-state index in [9.17, 15) is 9.59 Å². The lowest BCUT2D eigenvalue weighted by atomic mass is 9.98. The predicted molar refractivity (Wildman–Crippen MR) is 98.3 cm³/mol. The van der Waals surface area contributed by atoms with Crippen LogP contribution in [0.25, 0.3) is 0 Å². The van der Waals surface area contributed by atoms with Gasteiger partial charge in [0.15, 0.2) is 4.34 Å². The number of anilines is 1. The van der Waals surface area contributed by atoms with Crippen LogP contribution < -0.4 is 5.32 Å². The molecule has 1 saturated heterocycles. The van der Waals surface area contributed by atoms with Crippen LogP contribution in [-0.2, 0) is 9.59 Å². The summed E-state index contributed by atoms with van der Waals surface area (Å²) in [4.78, 5) is 26.4. The van der Waals surface area contributed by atoms with Crippen molar-refractivity contribution in [3.63, 3.8) is 0 Å². The molecule has 2 amide bonds. The maximum atomic E-state index is 12.5. The average molecular weight is 371 g/mol. The van der Waals surface area contributed by atoms with E-state index in [4.69, 9.17) is 0 Å². The van der Waals surface area contributed by atoms with E-state index in [1.54, 1.807) is 0 Å². The van der Waals surface area contributed by atoms with Gasteiger partial charge in [-0.3, -0.25) is 9.59 Å². The minimum atomic E-state index is -0.0475. The predicted octanol–water partition coefficient (Wildman–Crippen LogP) is 3.40. The van der Waals surface area contributed by atoms with Gasteiger partial charge in [-0.1, -0.05) is 36.9 Å². The molecule has 1 aromatic heterocycles. The Labute approximate surface area is 151 Å². The lowest BCUT2D eigenvalue weighted by molar-refractivity contribution is -0.134. The number of thioether (sulfide) groups is 1. The number of rotatable bonds is 6. The quantitative estimate of drug-likeness (QED) is 0.613. The third-order valence-corrected chi connectivity index (χ3v) is 6.45. The van der Waals surface area contributed by atoms with Gasteiger partial charge < -0.3 is 10.2 Å². The molecule has 0 unspecified atom stereocenters. The fourth-order valence-electron chi connectivity index (χ4n) is 2.84. The third kappa shape index (κ3) is 4.92. The number of piperidine rings is 1. The first kappa shape index (κ1) is 19.2. The Morgan fingerprint density at radius 2 is 2.00 bits per heavy atom. The molecule has 2 heterocycles. The number of hydrogen-bond donors (Lipinski definition) is 1. The third-order valence-electron chi connectivity index (χ3n) is 4.50. The number of aromatic nitrogens is 2. The number of carbonyl (C=O) groups excluding carboxylic acids is 2. The second-order valence-electron chi connectivity index (χ2n) is 6.39. The van der Waals surface area contributed by atoms with Gasteiger partial charge >= 0.3 is 0 Å². The van der Waals surface area contributed by atoms with Gasteiger partial charge in [0.1, 0.15) is 0 Å². The summed E-state index contributed by atoms with van der Waals surface area (Å²) >= 11 is 2.71. The molecule has 2 rings (SSSR count). The fraction of sp³-hybridized carbons (Fsp3) is 0.750. The lowest BCUT2D eigenvalue weighted by Gasteiger charge is -2.39. The zero-order valence-corrected chi connectivity index (χ0v) is 16.4. The van der Waals surface area contributed by atoms with E-state index >= 15 is 0 Å². The minimum absolute atomic E-state index is 0.0442. The van der Waals surface area contributed by atoms with E-state index in [0.717, 1.165) is 19.3 Å². The number of hydrogen-bond acceptors (Lipinski definition) is 6. The molecule has 0 radical (unpaired) electrons. The molecule has 8 heteroatoms. The van der Waals surface area contributed by atoms with Gasteiger partial charge in [-0.2, -0.15) is 0 Å². The summed E-state index contributed by atoms with van der Waals surface area (Å²) in [5.41, 5.74) is 0. The standard InChI is InChI=1S/C16H26N4O2S2/c1-5-10(2)14(22)17-15-18-19-16(24-15)23-9-13(21)20-11(3)7-6-8-12(20)4/h10-12H,5-9H2,1-4H3,(H,17,18,22)/t10-,11-,12+/m0/s1. The molecule has 3 atom stereocenters. The molecule has 6 nitrogen and oxygen atoms in total. The molecule has 134 valence electrons. The Balaban J connectivity index is 1.86. The Morgan fingerprint density at radius 1 is 1.33 bits per heavy atom. The summed E-state index contributed by atoms with van der Waals surface area (Å²) in [6.45, 7) is 8.09. The van der Waals surface area contributed by atoms with E-state index in [1.165, 1.54) is 29.5 Å². The Morgan fingerprint density at radius 3 is 2.62 bits per heavy atom. The second-order valence-corrected chi connectivity index (χ2v) is 8.59. The van der Waals surface area contributed by atoms with Crippen molar-refractivity contribution >= 4 is 40.0 Å². The van der Waals surface area contributed by atoms with Gasteiger partial charge in [-0.15, -0.1) is 10.2 Å². The first-order chi connectivity index (χ1) is 11.4. The van der Waals surface area contributed by atoms with Crippen LogP contribution in [0, 0.1) is 5.92 Å². The second kappa shape index (κ2) is 8.80. The topological polar surface area (TPSA) is 75.2 Å². The Bertz CT molecular complexity index is 568. The van der Waals surface area contributed by atoms with Crippen molar-refractivity contribution in [1.29, 1.82) is 0 Å². The molecule has 0 spiro atoms. The van der Waals surface area contributed by atoms with Crippen LogP contribution in [0.5, 0.6) is 0 Å². The number of amides is 2. The van der Waals surface area contributed by atoms with E-state index in [1.807, 2.05) is 18.7 Å². The summed E-state index contributed by atoms with van der Waals surface area (Å²) in [5, 5.41) is 11.3. The lowest BCUT2D eigenvalue weighted by Crippen LogP contribution is -2.48. The molecule has 1 fully saturated rings. The van der Waals surface area contributed by atoms with Crippen molar-refractivity contribution < 1.29 is 9.59 Å². The molecule has 0 aromatic carbocycles. The smallest absolute Gasteiger partial charge is 0.233 e. The van der Waals surface area contributed by atoms with E-state index in [-0.39, 0.29) is 17.7 Å². The van der Waals surface area contributed by atoms with Crippen molar-refractivity contribution in [2.75, 3.05) is 11.1 Å². The van der Waals surface area contributed by atoms with Crippen LogP contribution in [0.15, 0.2) is 4.34 Å². The molecule has 0 bridgehead atoms. The largest absolute Gasteiger partial charge is 0.337 e. The van der Waals surface area contributed by atoms with Crippen molar-refractivity contribution in [2.24, 2.45) is 5.92 Å². The van der Waals surface area contributed by atoms with Crippen LogP contribution in [0.1, 0.15) is 53.4 Å².